The molecule has 13 heavy (non-hydrogen) atoms. The van der Waals surface area contributed by atoms with Gasteiger partial charge >= 0.3 is 10.5 Å². The SMILES string of the molecule is C=C/C(=C\c1ccccc1C)O[Si]. The van der Waals surface area contributed by atoms with E-state index in [0.717, 1.165) is 5.56 Å². The predicted molar refractivity (Wildman–Crippen MR) is 56.2 cm³/mol. The van der Waals surface area contributed by atoms with Crippen molar-refractivity contribution in [3.05, 3.63) is 53.8 Å². The molecule has 0 amide bonds. The van der Waals surface area contributed by atoms with Gasteiger partial charge in [-0.3, -0.25) is 0 Å². The third-order valence-electron chi connectivity index (χ3n) is 1.81. The second-order valence-corrected chi connectivity index (χ2v) is 2.91. The van der Waals surface area contributed by atoms with Gasteiger partial charge < -0.3 is 4.43 Å². The molecule has 1 nitrogen and oxygen atoms in total. The Kier molecular flexibility index (Phi) is 3.52. The van der Waals surface area contributed by atoms with Gasteiger partial charge in [-0.15, -0.1) is 0 Å². The Hall–Kier alpha value is -1.28. The van der Waals surface area contributed by atoms with E-state index in [1.165, 1.54) is 5.56 Å². The fraction of sp³-hybridized carbons (Fsp3) is 0.0909. The van der Waals surface area contributed by atoms with Crippen molar-refractivity contribution in [1.82, 2.24) is 0 Å². The molecule has 0 fully saturated rings. The first-order chi connectivity index (χ1) is 6.27. The summed E-state index contributed by atoms with van der Waals surface area (Å²) in [5.74, 6) is 0.700. The van der Waals surface area contributed by atoms with Crippen LogP contribution in [0.25, 0.3) is 6.08 Å². The van der Waals surface area contributed by atoms with Crippen molar-refractivity contribution in [3.8, 4) is 0 Å². The van der Waals surface area contributed by atoms with E-state index in [4.69, 9.17) is 4.43 Å². The van der Waals surface area contributed by atoms with E-state index in [-0.39, 0.29) is 0 Å². The average molecular weight is 187 g/mol. The topological polar surface area (TPSA) is 9.23 Å². The molecule has 0 aromatic heterocycles. The van der Waals surface area contributed by atoms with Crippen LogP contribution in [0, 0.1) is 6.92 Å². The Balaban J connectivity index is 3.02. The fourth-order valence-corrected chi connectivity index (χ4v) is 1.17. The maximum Gasteiger partial charge on any atom is 0.341 e. The summed E-state index contributed by atoms with van der Waals surface area (Å²) >= 11 is 0. The molecule has 0 aliphatic carbocycles. The fourth-order valence-electron chi connectivity index (χ4n) is 1.03. The minimum absolute atomic E-state index is 0.700. The zero-order valence-electron chi connectivity index (χ0n) is 7.58. The third-order valence-corrected chi connectivity index (χ3v) is 2.04. The molecule has 0 N–H and O–H groups in total. The van der Waals surface area contributed by atoms with Crippen molar-refractivity contribution in [2.24, 2.45) is 0 Å². The van der Waals surface area contributed by atoms with Crippen LogP contribution in [0.4, 0.5) is 0 Å². The van der Waals surface area contributed by atoms with E-state index in [9.17, 15) is 0 Å². The molecule has 1 aromatic rings. The predicted octanol–water partition coefficient (Wildman–Crippen LogP) is 2.62. The first-order valence-electron chi connectivity index (χ1n) is 4.01. The Morgan fingerprint density at radius 1 is 1.46 bits per heavy atom. The highest BCUT2D eigenvalue weighted by Crippen LogP contribution is 2.12. The van der Waals surface area contributed by atoms with E-state index in [0.29, 0.717) is 5.76 Å². The molecular weight excluding hydrogens is 176 g/mol. The Morgan fingerprint density at radius 3 is 2.69 bits per heavy atom. The normalized spacial score (nSPS) is 11.1. The monoisotopic (exact) mass is 187 g/mol. The zero-order valence-corrected chi connectivity index (χ0v) is 8.58. The molecule has 1 rings (SSSR count). The first kappa shape index (κ1) is 9.80. The average Bonchev–Trinajstić information content (AvgIpc) is 2.17. The van der Waals surface area contributed by atoms with Gasteiger partial charge in [0.2, 0.25) is 0 Å². The lowest BCUT2D eigenvalue weighted by Crippen LogP contribution is -1.85. The first-order valence-corrected chi connectivity index (χ1v) is 4.42. The van der Waals surface area contributed by atoms with Crippen LogP contribution in [0.3, 0.4) is 0 Å². The molecule has 0 saturated heterocycles. The van der Waals surface area contributed by atoms with Gasteiger partial charge in [-0.2, -0.15) is 0 Å². The molecule has 2 heteroatoms. The van der Waals surface area contributed by atoms with Crippen LogP contribution in [0.15, 0.2) is 42.7 Å². The highest BCUT2D eigenvalue weighted by molar-refractivity contribution is 5.99. The Bertz CT molecular complexity index is 329. The molecular formula is C11H11OSi. The van der Waals surface area contributed by atoms with Gasteiger partial charge in [-0.05, 0) is 30.2 Å². The number of rotatable bonds is 3. The Labute approximate surface area is 82.3 Å². The highest BCUT2D eigenvalue weighted by Gasteiger charge is 1.94. The molecule has 0 unspecified atom stereocenters. The van der Waals surface area contributed by atoms with Crippen LogP contribution in [0.2, 0.25) is 0 Å². The summed E-state index contributed by atoms with van der Waals surface area (Å²) in [6, 6.07) is 8.09. The number of hydrogen-bond acceptors (Lipinski definition) is 1. The van der Waals surface area contributed by atoms with Gasteiger partial charge in [-0.1, -0.05) is 30.8 Å². The minimum atomic E-state index is 0.700. The summed E-state index contributed by atoms with van der Waals surface area (Å²) in [5.41, 5.74) is 2.35. The van der Waals surface area contributed by atoms with E-state index in [1.807, 2.05) is 24.3 Å². The molecule has 1 aromatic carbocycles. The lowest BCUT2D eigenvalue weighted by Gasteiger charge is -2.02. The summed E-state index contributed by atoms with van der Waals surface area (Å²) in [4.78, 5) is 0. The largest absolute Gasteiger partial charge is 0.540 e. The lowest BCUT2D eigenvalue weighted by molar-refractivity contribution is 0.498. The van der Waals surface area contributed by atoms with Gasteiger partial charge in [0.1, 0.15) is 5.76 Å². The lowest BCUT2D eigenvalue weighted by atomic mass is 10.1. The minimum Gasteiger partial charge on any atom is -0.540 e. The van der Waals surface area contributed by atoms with Crippen molar-refractivity contribution in [3.63, 3.8) is 0 Å². The smallest absolute Gasteiger partial charge is 0.341 e. The number of allylic oxidation sites excluding steroid dienone is 1. The van der Waals surface area contributed by atoms with Crippen molar-refractivity contribution in [1.29, 1.82) is 0 Å². The summed E-state index contributed by atoms with van der Waals surface area (Å²) in [5, 5.41) is 0. The Morgan fingerprint density at radius 2 is 2.15 bits per heavy atom. The number of aryl methyl sites for hydroxylation is 1. The van der Waals surface area contributed by atoms with Crippen LogP contribution in [0.5, 0.6) is 0 Å². The maximum absolute atomic E-state index is 4.91. The van der Waals surface area contributed by atoms with Crippen LogP contribution >= 0.6 is 0 Å². The van der Waals surface area contributed by atoms with Crippen LogP contribution in [0.1, 0.15) is 11.1 Å². The number of benzene rings is 1. The zero-order chi connectivity index (χ0) is 9.68. The molecule has 0 saturated carbocycles. The molecule has 0 aliphatic rings. The quantitative estimate of drug-likeness (QED) is 0.401. The molecule has 0 aliphatic heterocycles. The summed E-state index contributed by atoms with van der Waals surface area (Å²) in [7, 11) is 2.97. The molecule has 0 spiro atoms. The van der Waals surface area contributed by atoms with Gasteiger partial charge in [0.05, 0.1) is 0 Å². The van der Waals surface area contributed by atoms with Crippen molar-refractivity contribution in [2.45, 2.75) is 6.92 Å². The van der Waals surface area contributed by atoms with E-state index in [2.05, 4.69) is 30.1 Å². The van der Waals surface area contributed by atoms with E-state index < -0.39 is 0 Å². The van der Waals surface area contributed by atoms with Crippen molar-refractivity contribution in [2.75, 3.05) is 0 Å². The van der Waals surface area contributed by atoms with E-state index in [1.54, 1.807) is 6.08 Å². The van der Waals surface area contributed by atoms with Gasteiger partial charge in [0, 0.05) is 0 Å². The molecule has 65 valence electrons. The number of hydrogen-bond donors (Lipinski definition) is 0. The molecule has 3 radical (unpaired) electrons. The van der Waals surface area contributed by atoms with Crippen LogP contribution < -0.4 is 0 Å². The summed E-state index contributed by atoms with van der Waals surface area (Å²) < 4.78 is 4.91. The van der Waals surface area contributed by atoms with Crippen molar-refractivity contribution >= 4 is 16.6 Å². The van der Waals surface area contributed by atoms with Gasteiger partial charge in [0.15, 0.2) is 0 Å². The second kappa shape index (κ2) is 4.67. The summed E-state index contributed by atoms with van der Waals surface area (Å²) in [6.45, 7) is 5.69. The molecule has 0 bridgehead atoms. The van der Waals surface area contributed by atoms with E-state index >= 15 is 0 Å². The van der Waals surface area contributed by atoms with Gasteiger partial charge in [-0.25, -0.2) is 0 Å². The molecule has 0 heterocycles. The maximum atomic E-state index is 4.91. The summed E-state index contributed by atoms with van der Waals surface area (Å²) in [6.07, 6.45) is 3.58. The van der Waals surface area contributed by atoms with Crippen LogP contribution in [-0.2, 0) is 4.43 Å². The third kappa shape index (κ3) is 2.59. The molecule has 0 atom stereocenters. The van der Waals surface area contributed by atoms with Crippen molar-refractivity contribution < 1.29 is 4.43 Å². The second-order valence-electron chi connectivity index (χ2n) is 2.71. The highest BCUT2D eigenvalue weighted by atomic mass is 28.2. The van der Waals surface area contributed by atoms with Crippen LogP contribution in [-0.4, -0.2) is 10.5 Å². The standard InChI is InChI=1S/C11H11OSi/c1-3-11(12-13)8-10-7-5-4-6-9(10)2/h3-8H,1H2,2H3/b11-8+. The van der Waals surface area contributed by atoms with Gasteiger partial charge in [0.25, 0.3) is 0 Å².